The zero-order valence-corrected chi connectivity index (χ0v) is 25.9. The van der Waals surface area contributed by atoms with Crippen molar-refractivity contribution in [1.82, 2.24) is 0 Å². The van der Waals surface area contributed by atoms with Crippen molar-refractivity contribution in [3.63, 3.8) is 0 Å². The van der Waals surface area contributed by atoms with Gasteiger partial charge < -0.3 is 13.7 Å². The summed E-state index contributed by atoms with van der Waals surface area (Å²) in [4.78, 5) is 0. The minimum absolute atomic E-state index is 0.0368. The maximum absolute atomic E-state index is 15.5. The Morgan fingerprint density at radius 2 is 1.38 bits per heavy atom. The minimum atomic E-state index is -7.55. The van der Waals surface area contributed by atoms with Gasteiger partial charge in [0, 0.05) is 17.5 Å². The fourth-order valence-corrected chi connectivity index (χ4v) is 6.29. The van der Waals surface area contributed by atoms with Crippen LogP contribution in [0.5, 0.6) is 17.2 Å². The van der Waals surface area contributed by atoms with E-state index in [0.717, 1.165) is 18.2 Å². The Bertz CT molecular complexity index is 1720. The van der Waals surface area contributed by atoms with Crippen LogP contribution in [0.25, 0.3) is 0 Å². The first kappa shape index (κ1) is 36.2. The van der Waals surface area contributed by atoms with E-state index < -0.39 is 56.5 Å². The van der Waals surface area contributed by atoms with Gasteiger partial charge in [-0.3, -0.25) is 0 Å². The van der Waals surface area contributed by atoms with Crippen LogP contribution in [-0.4, -0.2) is 44.4 Å². The molecule has 4 rings (SSSR count). The Morgan fingerprint density at radius 3 is 1.94 bits per heavy atom. The molecule has 0 saturated carbocycles. The molecule has 0 saturated heterocycles. The van der Waals surface area contributed by atoms with E-state index in [0.29, 0.717) is 36.3 Å². The van der Waals surface area contributed by atoms with E-state index in [1.165, 1.54) is 0 Å². The molecule has 0 amide bonds. The van der Waals surface area contributed by atoms with Crippen LogP contribution in [-0.2, 0) is 16.5 Å². The highest BCUT2D eigenvalue weighted by Crippen LogP contribution is 2.55. The van der Waals surface area contributed by atoms with E-state index in [4.69, 9.17) is 9.47 Å². The topological polar surface area (TPSA) is 61.8 Å². The largest absolute Gasteiger partial charge is 0.496 e. The highest BCUT2D eigenvalue weighted by atomic mass is 32.2. The lowest BCUT2D eigenvalue weighted by Crippen LogP contribution is -2.63. The molecular formula is C31H28F10O5S. The van der Waals surface area contributed by atoms with E-state index in [1.54, 1.807) is 36.4 Å². The van der Waals surface area contributed by atoms with E-state index in [-0.39, 0.29) is 17.2 Å². The van der Waals surface area contributed by atoms with Gasteiger partial charge in [-0.15, -0.1) is 0 Å². The van der Waals surface area contributed by atoms with Crippen LogP contribution in [0.3, 0.4) is 0 Å². The molecule has 1 aliphatic rings. The van der Waals surface area contributed by atoms with Crippen molar-refractivity contribution in [2.45, 2.75) is 74.3 Å². The third kappa shape index (κ3) is 6.57. The predicted molar refractivity (Wildman–Crippen MR) is 150 cm³/mol. The summed E-state index contributed by atoms with van der Waals surface area (Å²) in [7, 11) is -6.36. The molecule has 0 aromatic heterocycles. The standard InChI is InChI=1S/C31H28F10O5S/c1-27(2,3)45-19-11-13-21-18(14-19)10-12-20(17-8-6-5-7-9-17)26(21)22-15-23(32)25(16-24(22)44-4)46-47(42,43)31(40,41)29(35,36)28(33,34)30(37,38)39/h5-9,11,13-16,20,26H,10,12H2,1-4H3/t20-,26+/m1/s1. The van der Waals surface area contributed by atoms with Gasteiger partial charge in [0.15, 0.2) is 11.6 Å². The van der Waals surface area contributed by atoms with Gasteiger partial charge in [0.1, 0.15) is 17.1 Å². The third-order valence-corrected chi connectivity index (χ3v) is 8.76. The molecule has 16 heteroatoms. The quantitative estimate of drug-likeness (QED) is 0.165. The van der Waals surface area contributed by atoms with E-state index in [2.05, 4.69) is 4.18 Å². The summed E-state index contributed by atoms with van der Waals surface area (Å²) >= 11 is 0. The van der Waals surface area contributed by atoms with Crippen LogP contribution in [0.1, 0.15) is 61.3 Å². The molecule has 3 aromatic rings. The third-order valence-electron chi connectivity index (χ3n) is 7.48. The van der Waals surface area contributed by atoms with Gasteiger partial charge in [-0.25, -0.2) is 4.39 Å². The number of methoxy groups -OCH3 is 1. The van der Waals surface area contributed by atoms with Gasteiger partial charge in [0.05, 0.1) is 7.11 Å². The second-order valence-electron chi connectivity index (χ2n) is 11.8. The van der Waals surface area contributed by atoms with Crippen molar-refractivity contribution < 1.29 is 66.0 Å². The summed E-state index contributed by atoms with van der Waals surface area (Å²) in [5.41, 5.74) is 1.75. The molecule has 0 aliphatic heterocycles. The normalized spacial score (nSPS) is 18.0. The number of benzene rings is 3. The fraction of sp³-hybridized carbons (Fsp3) is 0.419. The van der Waals surface area contributed by atoms with Crippen LogP contribution in [0.2, 0.25) is 0 Å². The van der Waals surface area contributed by atoms with Crippen molar-refractivity contribution in [2.24, 2.45) is 0 Å². The van der Waals surface area contributed by atoms with Gasteiger partial charge in [-0.05, 0) is 74.4 Å². The second-order valence-corrected chi connectivity index (χ2v) is 13.4. The number of rotatable bonds is 9. The predicted octanol–water partition coefficient (Wildman–Crippen LogP) is 9.01. The summed E-state index contributed by atoms with van der Waals surface area (Å²) in [6.07, 6.45) is -6.24. The van der Waals surface area contributed by atoms with Crippen molar-refractivity contribution in [2.75, 3.05) is 7.11 Å². The molecular weight excluding hydrogens is 674 g/mol. The van der Waals surface area contributed by atoms with Gasteiger partial charge in [0.2, 0.25) is 0 Å². The first-order valence-corrected chi connectivity index (χ1v) is 15.2. The average molecular weight is 703 g/mol. The molecule has 0 spiro atoms. The molecule has 0 fully saturated rings. The number of ether oxygens (including phenoxy) is 2. The lowest BCUT2D eigenvalue weighted by atomic mass is 9.69. The first-order valence-electron chi connectivity index (χ1n) is 13.8. The van der Waals surface area contributed by atoms with Crippen molar-refractivity contribution in [3.05, 3.63) is 88.7 Å². The number of halogens is 10. The van der Waals surface area contributed by atoms with E-state index in [9.17, 15) is 47.9 Å². The lowest BCUT2D eigenvalue weighted by molar-refractivity contribution is -0.382. The van der Waals surface area contributed by atoms with E-state index in [1.807, 2.05) is 32.9 Å². The summed E-state index contributed by atoms with van der Waals surface area (Å²) in [6.45, 7) is 5.53. The molecule has 1 aliphatic carbocycles. The summed E-state index contributed by atoms with van der Waals surface area (Å²) in [5, 5.41) is -7.18. The van der Waals surface area contributed by atoms with Crippen molar-refractivity contribution in [3.8, 4) is 17.2 Å². The molecule has 47 heavy (non-hydrogen) atoms. The molecule has 5 nitrogen and oxygen atoms in total. The maximum atomic E-state index is 15.5. The van der Waals surface area contributed by atoms with Gasteiger partial charge >= 0.3 is 33.4 Å². The maximum Gasteiger partial charge on any atom is 0.460 e. The van der Waals surface area contributed by atoms with E-state index >= 15 is 4.39 Å². The Hall–Kier alpha value is -3.69. The first-order chi connectivity index (χ1) is 21.4. The fourth-order valence-electron chi connectivity index (χ4n) is 5.38. The smallest absolute Gasteiger partial charge is 0.460 e. The van der Waals surface area contributed by atoms with Crippen LogP contribution in [0.15, 0.2) is 60.7 Å². The van der Waals surface area contributed by atoms with Crippen LogP contribution < -0.4 is 13.7 Å². The number of hydrogen-bond acceptors (Lipinski definition) is 5. The van der Waals surface area contributed by atoms with Crippen LogP contribution >= 0.6 is 0 Å². The average Bonchev–Trinajstić information content (AvgIpc) is 2.96. The van der Waals surface area contributed by atoms with Crippen molar-refractivity contribution in [1.29, 1.82) is 0 Å². The van der Waals surface area contributed by atoms with Gasteiger partial charge in [-0.2, -0.15) is 47.9 Å². The Balaban J connectivity index is 1.82. The number of fused-ring (bicyclic) bond motifs is 1. The number of alkyl halides is 9. The summed E-state index contributed by atoms with van der Waals surface area (Å²) in [5.74, 6) is -19.5. The van der Waals surface area contributed by atoms with Crippen molar-refractivity contribution >= 4 is 10.1 Å². The Morgan fingerprint density at radius 1 is 0.766 bits per heavy atom. The zero-order chi connectivity index (χ0) is 35.4. The Labute approximate surface area is 263 Å². The number of aryl methyl sites for hydroxylation is 1. The summed E-state index contributed by atoms with van der Waals surface area (Å²) in [6, 6.07) is 15.2. The molecule has 0 bridgehead atoms. The molecule has 2 atom stereocenters. The monoisotopic (exact) mass is 702 g/mol. The number of hydrogen-bond donors (Lipinski definition) is 0. The molecule has 0 radical (unpaired) electrons. The highest BCUT2D eigenvalue weighted by Gasteiger charge is 2.86. The molecule has 0 heterocycles. The molecule has 258 valence electrons. The molecule has 0 unspecified atom stereocenters. The SMILES string of the molecule is COc1cc(OS(=O)(=O)C(F)(F)C(F)(F)C(F)(F)C(F)(F)F)c(F)cc1[C@@H]1c2ccc(OC(C)(C)C)cc2CC[C@@H]1c1ccccc1. The van der Waals surface area contributed by atoms with Crippen LogP contribution in [0.4, 0.5) is 43.9 Å². The van der Waals surface area contributed by atoms with Gasteiger partial charge in [0.25, 0.3) is 0 Å². The minimum Gasteiger partial charge on any atom is -0.496 e. The zero-order valence-electron chi connectivity index (χ0n) is 25.1. The summed E-state index contributed by atoms with van der Waals surface area (Å²) < 4.78 is 175. The Kier molecular flexibility index (Phi) is 9.29. The molecule has 0 N–H and O–H groups in total. The molecule has 3 aromatic carbocycles. The van der Waals surface area contributed by atoms with Gasteiger partial charge in [-0.1, -0.05) is 36.4 Å². The highest BCUT2D eigenvalue weighted by molar-refractivity contribution is 7.88. The van der Waals surface area contributed by atoms with Crippen LogP contribution in [0, 0.1) is 5.82 Å². The lowest BCUT2D eigenvalue weighted by Gasteiger charge is -2.36. The second kappa shape index (κ2) is 12.1.